The van der Waals surface area contributed by atoms with E-state index in [0.717, 1.165) is 23.1 Å². The Morgan fingerprint density at radius 2 is 1.88 bits per heavy atom. The van der Waals surface area contributed by atoms with Crippen molar-refractivity contribution in [2.75, 3.05) is 26.0 Å². The number of hydrogen-bond donors (Lipinski definition) is 1. The second-order valence-electron chi connectivity index (χ2n) is 5.20. The number of benzene rings is 1. The molecule has 25 heavy (non-hydrogen) atoms. The van der Waals surface area contributed by atoms with Crippen molar-refractivity contribution in [2.24, 2.45) is 0 Å². The summed E-state index contributed by atoms with van der Waals surface area (Å²) in [5, 5.41) is 20.7. The Kier molecular flexibility index (Phi) is 6.15. The Balaban J connectivity index is 3.40. The number of phenolic OH excluding ortho intramolecular Hbond substituents is 1. The second-order valence-corrected chi connectivity index (χ2v) is 5.20. The van der Waals surface area contributed by atoms with Crippen molar-refractivity contribution in [1.29, 1.82) is 0 Å². The van der Waals surface area contributed by atoms with E-state index < -0.39 is 22.6 Å². The lowest BCUT2D eigenvalue weighted by atomic mass is 10.2. The molecule has 7 nitrogen and oxygen atoms in total. The van der Waals surface area contributed by atoms with Crippen LogP contribution in [0.5, 0.6) is 5.75 Å². The average molecular weight is 359 g/mol. The topological polar surface area (TPSA) is 86.9 Å². The smallest absolute Gasteiger partial charge is 0.454 e. The highest BCUT2D eigenvalue weighted by atomic mass is 19.4. The molecule has 0 aliphatic rings. The molecule has 0 radical (unpaired) electrons. The number of nitrogens with zero attached hydrogens (tertiary/aromatic N) is 3. The predicted octanol–water partition coefficient (Wildman–Crippen LogP) is 2.83. The van der Waals surface area contributed by atoms with Crippen molar-refractivity contribution in [1.82, 2.24) is 4.90 Å². The summed E-state index contributed by atoms with van der Waals surface area (Å²) in [6.07, 6.45) is -2.12. The number of phenols is 1. The summed E-state index contributed by atoms with van der Waals surface area (Å²) < 4.78 is 37.6. The van der Waals surface area contributed by atoms with E-state index >= 15 is 0 Å². The second kappa shape index (κ2) is 7.69. The standard InChI is InChI=1S/C15H16F3N3O4/c1-19(2)7-6-10(9-14(23)15(16,17)18)20(3)12-8-11(21(24)25)4-5-13(12)22/h4-9,22H,1-3H3/b7-6+,10-9-. The van der Waals surface area contributed by atoms with E-state index in [9.17, 15) is 33.2 Å². The van der Waals surface area contributed by atoms with Crippen LogP contribution in [-0.2, 0) is 4.79 Å². The Hall–Kier alpha value is -3.04. The van der Waals surface area contributed by atoms with Crippen molar-refractivity contribution < 1.29 is 28.0 Å². The Morgan fingerprint density at radius 1 is 1.28 bits per heavy atom. The lowest BCUT2D eigenvalue weighted by molar-refractivity contribution is -0.384. The van der Waals surface area contributed by atoms with Gasteiger partial charge in [0.1, 0.15) is 5.75 Å². The van der Waals surface area contributed by atoms with Gasteiger partial charge in [-0.05, 0) is 12.1 Å². The third kappa shape index (κ3) is 5.52. The van der Waals surface area contributed by atoms with Crippen LogP contribution in [0.15, 0.2) is 42.2 Å². The molecule has 0 atom stereocenters. The van der Waals surface area contributed by atoms with Gasteiger partial charge in [-0.1, -0.05) is 0 Å². The van der Waals surface area contributed by atoms with Gasteiger partial charge in [-0.15, -0.1) is 0 Å². The van der Waals surface area contributed by atoms with Gasteiger partial charge in [-0.2, -0.15) is 13.2 Å². The van der Waals surface area contributed by atoms with Crippen molar-refractivity contribution in [3.8, 4) is 5.75 Å². The zero-order chi connectivity index (χ0) is 19.4. The molecule has 10 heteroatoms. The highest BCUT2D eigenvalue weighted by Gasteiger charge is 2.37. The first-order chi connectivity index (χ1) is 11.4. The number of halogens is 3. The number of hydrogen-bond acceptors (Lipinski definition) is 6. The molecule has 1 aromatic carbocycles. The van der Waals surface area contributed by atoms with Gasteiger partial charge in [0, 0.05) is 51.2 Å². The van der Waals surface area contributed by atoms with Crippen LogP contribution in [0.3, 0.4) is 0 Å². The summed E-state index contributed by atoms with van der Waals surface area (Å²) in [7, 11) is 4.50. The largest absolute Gasteiger partial charge is 0.506 e. The van der Waals surface area contributed by atoms with E-state index in [-0.39, 0.29) is 17.1 Å². The fourth-order valence-corrected chi connectivity index (χ4v) is 1.73. The number of rotatable bonds is 6. The highest BCUT2D eigenvalue weighted by Crippen LogP contribution is 2.33. The average Bonchev–Trinajstić information content (AvgIpc) is 2.49. The Labute approximate surface area is 141 Å². The van der Waals surface area contributed by atoms with Gasteiger partial charge < -0.3 is 14.9 Å². The lowest BCUT2D eigenvalue weighted by Gasteiger charge is -2.22. The molecule has 0 unspecified atom stereocenters. The maximum atomic E-state index is 12.5. The fourth-order valence-electron chi connectivity index (χ4n) is 1.73. The van der Waals surface area contributed by atoms with Gasteiger partial charge in [-0.25, -0.2) is 0 Å². The number of carbonyl (C=O) groups excluding carboxylic acids is 1. The molecule has 0 aliphatic carbocycles. The van der Waals surface area contributed by atoms with Crippen molar-refractivity contribution >= 4 is 17.2 Å². The summed E-state index contributed by atoms with van der Waals surface area (Å²) in [4.78, 5) is 24.0. The summed E-state index contributed by atoms with van der Waals surface area (Å²) in [5.74, 6) is -2.49. The molecule has 0 aliphatic heterocycles. The first kappa shape index (κ1) is 20.0. The van der Waals surface area contributed by atoms with Gasteiger partial charge in [0.15, 0.2) is 0 Å². The van der Waals surface area contributed by atoms with E-state index in [0.29, 0.717) is 6.08 Å². The number of likely N-dealkylation sites (N-methyl/N-ethyl adjacent to an activating group) is 1. The number of anilines is 1. The molecule has 0 saturated heterocycles. The SMILES string of the molecule is CN(C)/C=C/C(=C/C(=O)C(F)(F)F)N(C)c1cc([N+](=O)[O-])ccc1O. The highest BCUT2D eigenvalue weighted by molar-refractivity contribution is 5.96. The molecule has 0 saturated carbocycles. The van der Waals surface area contributed by atoms with Gasteiger partial charge in [0.25, 0.3) is 11.5 Å². The van der Waals surface area contributed by atoms with Crippen molar-refractivity contribution in [3.63, 3.8) is 0 Å². The van der Waals surface area contributed by atoms with Crippen molar-refractivity contribution in [2.45, 2.75) is 6.18 Å². The number of allylic oxidation sites excluding steroid dienone is 2. The molecule has 136 valence electrons. The first-order valence-corrected chi connectivity index (χ1v) is 6.82. The van der Waals surface area contributed by atoms with Crippen LogP contribution in [-0.4, -0.2) is 48.0 Å². The molecular weight excluding hydrogens is 343 g/mol. The number of non-ortho nitro benzene ring substituents is 1. The number of alkyl halides is 3. The molecule has 0 heterocycles. The quantitative estimate of drug-likeness (QED) is 0.364. The van der Waals surface area contributed by atoms with Crippen LogP contribution >= 0.6 is 0 Å². The van der Waals surface area contributed by atoms with Crippen LogP contribution < -0.4 is 4.90 Å². The molecule has 0 spiro atoms. The van der Waals surface area contributed by atoms with Gasteiger partial charge in [0.05, 0.1) is 10.6 Å². The molecule has 1 rings (SSSR count). The number of nitro benzene ring substituents is 1. The minimum atomic E-state index is -5.07. The normalized spacial score (nSPS) is 12.3. The minimum absolute atomic E-state index is 0.126. The van der Waals surface area contributed by atoms with Crippen LogP contribution in [0.25, 0.3) is 0 Å². The van der Waals surface area contributed by atoms with Crippen LogP contribution in [0.1, 0.15) is 0 Å². The van der Waals surface area contributed by atoms with Crippen LogP contribution in [0.4, 0.5) is 24.5 Å². The van der Waals surface area contributed by atoms with E-state index in [2.05, 4.69) is 0 Å². The first-order valence-electron chi connectivity index (χ1n) is 6.82. The monoisotopic (exact) mass is 359 g/mol. The fraction of sp³-hybridized carbons (Fsp3) is 0.267. The summed E-state index contributed by atoms with van der Waals surface area (Å²) in [6, 6.07) is 3.08. The maximum absolute atomic E-state index is 12.5. The molecular formula is C15H16F3N3O4. The molecule has 1 aromatic rings. The molecule has 1 N–H and O–H groups in total. The number of aromatic hydroxyl groups is 1. The molecule has 0 aromatic heterocycles. The zero-order valence-electron chi connectivity index (χ0n) is 13.6. The third-order valence-corrected chi connectivity index (χ3v) is 3.02. The number of nitro groups is 1. The maximum Gasteiger partial charge on any atom is 0.454 e. The molecule has 0 amide bonds. The molecule has 0 bridgehead atoms. The van der Waals surface area contributed by atoms with Gasteiger partial charge >= 0.3 is 6.18 Å². The van der Waals surface area contributed by atoms with Gasteiger partial charge in [0.2, 0.25) is 0 Å². The third-order valence-electron chi connectivity index (χ3n) is 3.02. The predicted molar refractivity (Wildman–Crippen MR) is 85.1 cm³/mol. The minimum Gasteiger partial charge on any atom is -0.506 e. The number of carbonyl (C=O) groups is 1. The summed E-state index contributed by atoms with van der Waals surface area (Å²) in [5.41, 5.74) is -0.705. The van der Waals surface area contributed by atoms with Crippen LogP contribution in [0.2, 0.25) is 0 Å². The van der Waals surface area contributed by atoms with Gasteiger partial charge in [-0.3, -0.25) is 14.9 Å². The van der Waals surface area contributed by atoms with E-state index in [1.54, 1.807) is 14.1 Å². The van der Waals surface area contributed by atoms with E-state index in [1.807, 2.05) is 0 Å². The molecule has 0 fully saturated rings. The Morgan fingerprint density at radius 3 is 2.36 bits per heavy atom. The van der Waals surface area contributed by atoms with E-state index in [1.165, 1.54) is 24.2 Å². The zero-order valence-corrected chi connectivity index (χ0v) is 13.6. The summed E-state index contributed by atoms with van der Waals surface area (Å²) >= 11 is 0. The lowest BCUT2D eigenvalue weighted by Crippen LogP contribution is -2.24. The van der Waals surface area contributed by atoms with Crippen molar-refractivity contribution in [3.05, 3.63) is 52.4 Å². The van der Waals surface area contributed by atoms with E-state index in [4.69, 9.17) is 0 Å². The van der Waals surface area contributed by atoms with Crippen LogP contribution in [0, 0.1) is 10.1 Å². The Bertz CT molecular complexity index is 727. The number of ketones is 1. The summed E-state index contributed by atoms with van der Waals surface area (Å²) in [6.45, 7) is 0.